The molecule has 1 heterocycles. The second kappa shape index (κ2) is 9.80. The minimum absolute atomic E-state index is 0.821. The molecule has 0 radical (unpaired) electrons. The fraction of sp³-hybridized carbons (Fsp3) is 0. The summed E-state index contributed by atoms with van der Waals surface area (Å²) in [6, 6.07) is 53.8. The molecule has 0 bridgehead atoms. The molecule has 0 aliphatic rings. The van der Waals surface area contributed by atoms with Crippen LogP contribution in [0.5, 0.6) is 0 Å². The molecule has 8 rings (SSSR count). The van der Waals surface area contributed by atoms with E-state index in [9.17, 15) is 4.57 Å². The van der Waals surface area contributed by atoms with Gasteiger partial charge >= 0.3 is 0 Å². The van der Waals surface area contributed by atoms with Gasteiger partial charge in [-0.3, -0.25) is 0 Å². The monoisotopic (exact) mass is 555 g/mol. The highest BCUT2D eigenvalue weighted by Crippen LogP contribution is 2.44. The first-order valence-electron chi connectivity index (χ1n) is 14.2. The van der Waals surface area contributed by atoms with E-state index in [1.165, 1.54) is 21.5 Å². The number of nitrogens with zero attached hydrogens (tertiary/aromatic N) is 1. The van der Waals surface area contributed by atoms with Crippen molar-refractivity contribution in [1.82, 2.24) is 4.98 Å². The van der Waals surface area contributed by atoms with E-state index in [0.717, 1.165) is 48.8 Å². The molecule has 42 heavy (non-hydrogen) atoms. The average Bonchev–Trinajstić information content (AvgIpc) is 3.06. The Morgan fingerprint density at radius 1 is 0.405 bits per heavy atom. The molecule has 0 N–H and O–H groups in total. The molecular weight excluding hydrogens is 529 g/mol. The highest BCUT2D eigenvalue weighted by molar-refractivity contribution is 7.85. The standard InChI is InChI=1S/C39H26NOP/c41-42(32-15-3-1-4-16-32,33-17-5-2-6-18-33)34-21-19-27(20-22-34)39-35-23-28-11-7-9-13-30(28)25-37(35)40-38-26-31-14-10-8-12-29(31)24-36(38)39/h1-26H. The van der Waals surface area contributed by atoms with Gasteiger partial charge in [-0.25, -0.2) is 4.98 Å². The van der Waals surface area contributed by atoms with Gasteiger partial charge in [0.15, 0.2) is 7.14 Å². The summed E-state index contributed by atoms with van der Waals surface area (Å²) in [5, 5.41) is 9.42. The Balaban J connectivity index is 1.39. The van der Waals surface area contributed by atoms with Crippen molar-refractivity contribution in [1.29, 1.82) is 0 Å². The van der Waals surface area contributed by atoms with Gasteiger partial charge < -0.3 is 4.57 Å². The third-order valence-electron chi connectivity index (χ3n) is 8.27. The van der Waals surface area contributed by atoms with Crippen LogP contribution in [0.2, 0.25) is 0 Å². The molecular formula is C39H26NOP. The van der Waals surface area contributed by atoms with E-state index in [1.54, 1.807) is 0 Å². The Hall–Kier alpha value is -5.04. The van der Waals surface area contributed by atoms with Crippen LogP contribution < -0.4 is 15.9 Å². The van der Waals surface area contributed by atoms with Crippen molar-refractivity contribution in [3.63, 3.8) is 0 Å². The maximum atomic E-state index is 15.0. The lowest BCUT2D eigenvalue weighted by Crippen LogP contribution is -2.24. The average molecular weight is 556 g/mol. The van der Waals surface area contributed by atoms with Gasteiger partial charge in [0.1, 0.15) is 0 Å². The van der Waals surface area contributed by atoms with Crippen LogP contribution in [0.4, 0.5) is 0 Å². The van der Waals surface area contributed by atoms with Crippen LogP contribution in [0.15, 0.2) is 158 Å². The van der Waals surface area contributed by atoms with Crippen LogP contribution in [0, 0.1) is 0 Å². The Morgan fingerprint density at radius 2 is 0.786 bits per heavy atom. The quantitative estimate of drug-likeness (QED) is 0.160. The van der Waals surface area contributed by atoms with E-state index in [1.807, 2.05) is 60.7 Å². The lowest BCUT2D eigenvalue weighted by Gasteiger charge is -2.20. The van der Waals surface area contributed by atoms with Crippen molar-refractivity contribution in [2.75, 3.05) is 0 Å². The van der Waals surface area contributed by atoms with Crippen LogP contribution in [-0.4, -0.2) is 4.98 Å². The molecule has 0 unspecified atom stereocenters. The lowest BCUT2D eigenvalue weighted by atomic mass is 9.93. The largest absolute Gasteiger partial charge is 0.309 e. The van der Waals surface area contributed by atoms with Gasteiger partial charge in [0.05, 0.1) is 11.0 Å². The molecule has 7 aromatic carbocycles. The maximum absolute atomic E-state index is 15.0. The van der Waals surface area contributed by atoms with Crippen LogP contribution in [0.1, 0.15) is 0 Å². The first kappa shape index (κ1) is 24.7. The number of benzene rings is 7. The minimum Gasteiger partial charge on any atom is -0.309 e. The Labute approximate surface area is 244 Å². The van der Waals surface area contributed by atoms with Gasteiger partial charge in [-0.15, -0.1) is 0 Å². The van der Waals surface area contributed by atoms with Crippen LogP contribution >= 0.6 is 7.14 Å². The smallest absolute Gasteiger partial charge is 0.171 e. The summed E-state index contributed by atoms with van der Waals surface area (Å²) in [6.07, 6.45) is 0. The first-order chi connectivity index (χ1) is 20.7. The number of hydrogen-bond acceptors (Lipinski definition) is 2. The van der Waals surface area contributed by atoms with E-state index in [4.69, 9.17) is 4.98 Å². The molecule has 3 heteroatoms. The van der Waals surface area contributed by atoms with Crippen molar-refractivity contribution < 1.29 is 4.57 Å². The fourth-order valence-electron chi connectivity index (χ4n) is 6.19. The number of aromatic nitrogens is 1. The van der Waals surface area contributed by atoms with Crippen LogP contribution in [0.25, 0.3) is 54.5 Å². The van der Waals surface area contributed by atoms with Gasteiger partial charge in [-0.1, -0.05) is 133 Å². The molecule has 0 aliphatic heterocycles. The summed E-state index contributed by atoms with van der Waals surface area (Å²) in [4.78, 5) is 5.16. The topological polar surface area (TPSA) is 30.0 Å². The minimum atomic E-state index is -3.06. The van der Waals surface area contributed by atoms with Gasteiger partial charge in [-0.2, -0.15) is 0 Å². The molecule has 0 amide bonds. The molecule has 0 saturated carbocycles. The maximum Gasteiger partial charge on any atom is 0.171 e. The third kappa shape index (κ3) is 3.96. The number of fused-ring (bicyclic) bond motifs is 4. The molecule has 0 aliphatic carbocycles. The highest BCUT2D eigenvalue weighted by atomic mass is 31.2. The van der Waals surface area contributed by atoms with E-state index >= 15 is 0 Å². The van der Waals surface area contributed by atoms with Crippen molar-refractivity contribution in [2.45, 2.75) is 0 Å². The molecule has 0 fully saturated rings. The Bertz CT molecular complexity index is 2170. The predicted molar refractivity (Wildman–Crippen MR) is 179 cm³/mol. The fourth-order valence-corrected chi connectivity index (χ4v) is 8.84. The highest BCUT2D eigenvalue weighted by Gasteiger charge is 2.29. The number of hydrogen-bond donors (Lipinski definition) is 0. The molecule has 1 aromatic heterocycles. The van der Waals surface area contributed by atoms with E-state index in [2.05, 4.69) is 97.1 Å². The normalized spacial score (nSPS) is 11.9. The summed E-state index contributed by atoms with van der Waals surface area (Å²) in [5.41, 5.74) is 4.16. The number of rotatable bonds is 4. The van der Waals surface area contributed by atoms with E-state index < -0.39 is 7.14 Å². The second-order valence-corrected chi connectivity index (χ2v) is 13.5. The SMILES string of the molecule is O=P(c1ccccc1)(c1ccccc1)c1ccc(-c2c3cc4ccccc4cc3nc3cc4ccccc4cc23)cc1. The van der Waals surface area contributed by atoms with Gasteiger partial charge in [0.25, 0.3) is 0 Å². The zero-order chi connectivity index (χ0) is 28.1. The Kier molecular flexibility index (Phi) is 5.77. The summed E-state index contributed by atoms with van der Waals surface area (Å²) >= 11 is 0. The zero-order valence-corrected chi connectivity index (χ0v) is 23.7. The molecule has 0 atom stereocenters. The second-order valence-electron chi connectivity index (χ2n) is 10.7. The van der Waals surface area contributed by atoms with Crippen molar-refractivity contribution in [3.05, 3.63) is 158 Å². The van der Waals surface area contributed by atoms with Crippen LogP contribution in [-0.2, 0) is 4.57 Å². The zero-order valence-electron chi connectivity index (χ0n) is 22.8. The molecule has 0 saturated heterocycles. The molecule has 0 spiro atoms. The van der Waals surface area contributed by atoms with Gasteiger partial charge in [0, 0.05) is 32.2 Å². The van der Waals surface area contributed by atoms with Crippen molar-refractivity contribution >= 4 is 66.4 Å². The first-order valence-corrected chi connectivity index (χ1v) is 15.9. The van der Waals surface area contributed by atoms with Gasteiger partial charge in [-0.05, 0) is 51.4 Å². The summed E-state index contributed by atoms with van der Waals surface area (Å²) in [5.74, 6) is 0. The summed E-state index contributed by atoms with van der Waals surface area (Å²) in [7, 11) is -3.06. The summed E-state index contributed by atoms with van der Waals surface area (Å²) < 4.78 is 15.0. The predicted octanol–water partition coefficient (Wildman–Crippen LogP) is 9.00. The lowest BCUT2D eigenvalue weighted by molar-refractivity contribution is 0.592. The molecule has 8 aromatic rings. The van der Waals surface area contributed by atoms with E-state index in [-0.39, 0.29) is 0 Å². The van der Waals surface area contributed by atoms with Gasteiger partial charge in [0.2, 0.25) is 0 Å². The Morgan fingerprint density at radius 3 is 1.24 bits per heavy atom. The van der Waals surface area contributed by atoms with Crippen LogP contribution in [0.3, 0.4) is 0 Å². The molecule has 2 nitrogen and oxygen atoms in total. The molecule has 198 valence electrons. The van der Waals surface area contributed by atoms with E-state index in [0.29, 0.717) is 0 Å². The van der Waals surface area contributed by atoms with Crippen molar-refractivity contribution in [2.24, 2.45) is 0 Å². The van der Waals surface area contributed by atoms with Crippen molar-refractivity contribution in [3.8, 4) is 11.1 Å². The number of pyridine rings is 1. The summed E-state index contributed by atoms with van der Waals surface area (Å²) in [6.45, 7) is 0. The third-order valence-corrected chi connectivity index (χ3v) is 11.3.